The third-order valence-corrected chi connectivity index (χ3v) is 9.43. The molecule has 0 radical (unpaired) electrons. The van der Waals surface area contributed by atoms with Crippen LogP contribution < -0.4 is 0 Å². The molecule has 8 rings (SSSR count). The van der Waals surface area contributed by atoms with Crippen LogP contribution in [0.1, 0.15) is 23.5 Å². The van der Waals surface area contributed by atoms with Crippen molar-refractivity contribution < 1.29 is 40.9 Å². The van der Waals surface area contributed by atoms with Gasteiger partial charge in [-0.15, -0.1) is 0 Å². The van der Waals surface area contributed by atoms with E-state index in [0.29, 0.717) is 22.9 Å². The standard InChI is InChI=1S/C40H28O8/c41-33-29-27(22-13-5-12-21(18-22)25-16-6-10-19-8-1-3-14-23(19)25)30-32(36(44)40(48)38(46)34(30)42)28(31(29)35(43)39(47)37(33)45)26-17-7-11-20-9-2-4-15-24(20)26/h1-11,13-18,21,41-48H,12H2. The SMILES string of the molecule is Oc1c(O)c(O)c2c(-c3cccc4ccccc34)c3c(O)c(O)c(O)c(O)c3c(C3=CC(c4cccc5ccccc45)CC=C3)c2c1O. The molecule has 1 atom stereocenters. The number of phenols is 8. The summed E-state index contributed by atoms with van der Waals surface area (Å²) in [6.45, 7) is 0. The molecule has 48 heavy (non-hydrogen) atoms. The van der Waals surface area contributed by atoms with Crippen molar-refractivity contribution in [1.29, 1.82) is 0 Å². The largest absolute Gasteiger partial charge is 0.504 e. The monoisotopic (exact) mass is 636 g/mol. The second-order valence-corrected chi connectivity index (χ2v) is 12.0. The maximum Gasteiger partial charge on any atom is 0.204 e. The van der Waals surface area contributed by atoms with E-state index in [4.69, 9.17) is 0 Å². The van der Waals surface area contributed by atoms with Crippen molar-refractivity contribution in [2.24, 2.45) is 0 Å². The van der Waals surface area contributed by atoms with Gasteiger partial charge in [-0.25, -0.2) is 0 Å². The molecule has 0 saturated heterocycles. The highest BCUT2D eigenvalue weighted by atomic mass is 16.4. The lowest BCUT2D eigenvalue weighted by atomic mass is 9.79. The Hall–Kier alpha value is -6.54. The summed E-state index contributed by atoms with van der Waals surface area (Å²) in [5, 5.41) is 92.7. The number of aromatic hydroxyl groups is 8. The first-order valence-electron chi connectivity index (χ1n) is 15.3. The molecule has 0 aromatic heterocycles. The molecule has 0 amide bonds. The van der Waals surface area contributed by atoms with Crippen LogP contribution in [0.25, 0.3) is 59.8 Å². The van der Waals surface area contributed by atoms with E-state index in [0.717, 1.165) is 21.7 Å². The lowest BCUT2D eigenvalue weighted by Gasteiger charge is -2.25. The summed E-state index contributed by atoms with van der Waals surface area (Å²) in [4.78, 5) is 0. The van der Waals surface area contributed by atoms with Gasteiger partial charge in [-0.3, -0.25) is 0 Å². The van der Waals surface area contributed by atoms with Crippen LogP contribution in [0.5, 0.6) is 46.0 Å². The van der Waals surface area contributed by atoms with Crippen molar-refractivity contribution in [1.82, 2.24) is 0 Å². The fraction of sp³-hybridized carbons (Fsp3) is 0.0500. The van der Waals surface area contributed by atoms with Crippen LogP contribution in [0.3, 0.4) is 0 Å². The van der Waals surface area contributed by atoms with Crippen LogP contribution in [-0.4, -0.2) is 40.9 Å². The molecule has 0 saturated carbocycles. The van der Waals surface area contributed by atoms with Crippen LogP contribution >= 0.6 is 0 Å². The summed E-state index contributed by atoms with van der Waals surface area (Å²) < 4.78 is 0. The molecule has 0 fully saturated rings. The lowest BCUT2D eigenvalue weighted by molar-refractivity contribution is 0.350. The highest BCUT2D eigenvalue weighted by molar-refractivity contribution is 6.28. The minimum Gasteiger partial charge on any atom is -0.504 e. The van der Waals surface area contributed by atoms with Gasteiger partial charge >= 0.3 is 0 Å². The predicted octanol–water partition coefficient (Wildman–Crippen LogP) is 8.74. The van der Waals surface area contributed by atoms with E-state index in [1.54, 1.807) is 30.3 Å². The van der Waals surface area contributed by atoms with Gasteiger partial charge in [0, 0.05) is 38.6 Å². The van der Waals surface area contributed by atoms with Crippen molar-refractivity contribution >= 4 is 48.7 Å². The molecule has 7 aromatic rings. The normalized spacial score (nSPS) is 14.7. The molecular weight excluding hydrogens is 608 g/mol. The van der Waals surface area contributed by atoms with E-state index in [9.17, 15) is 40.9 Å². The molecule has 236 valence electrons. The first-order chi connectivity index (χ1) is 23.2. The fourth-order valence-electron chi connectivity index (χ4n) is 7.26. The van der Waals surface area contributed by atoms with Gasteiger partial charge in [0.05, 0.1) is 0 Å². The highest BCUT2D eigenvalue weighted by Crippen LogP contribution is 2.61. The average Bonchev–Trinajstić information content (AvgIpc) is 3.13. The molecule has 8 N–H and O–H groups in total. The summed E-state index contributed by atoms with van der Waals surface area (Å²) in [6.07, 6.45) is 6.17. The van der Waals surface area contributed by atoms with E-state index in [1.807, 2.05) is 72.8 Å². The molecular formula is C40H28O8. The van der Waals surface area contributed by atoms with Crippen LogP contribution in [0.15, 0.2) is 103 Å². The van der Waals surface area contributed by atoms with Crippen molar-refractivity contribution in [2.75, 3.05) is 0 Å². The Morgan fingerprint density at radius 2 is 0.896 bits per heavy atom. The summed E-state index contributed by atoms with van der Waals surface area (Å²) in [7, 11) is 0. The highest BCUT2D eigenvalue weighted by Gasteiger charge is 2.33. The second kappa shape index (κ2) is 10.5. The number of fused-ring (bicyclic) bond motifs is 4. The Labute approximate surface area is 272 Å². The zero-order valence-corrected chi connectivity index (χ0v) is 25.2. The molecule has 1 aliphatic carbocycles. The molecule has 8 nitrogen and oxygen atoms in total. The zero-order valence-electron chi connectivity index (χ0n) is 25.2. The number of benzene rings is 7. The number of hydrogen-bond acceptors (Lipinski definition) is 8. The average molecular weight is 637 g/mol. The second-order valence-electron chi connectivity index (χ2n) is 12.0. The summed E-state index contributed by atoms with van der Waals surface area (Å²) in [5.74, 6) is -7.40. The fourth-order valence-corrected chi connectivity index (χ4v) is 7.26. The maximum absolute atomic E-state index is 11.6. The van der Waals surface area contributed by atoms with E-state index >= 15 is 0 Å². The Bertz CT molecular complexity index is 2490. The van der Waals surface area contributed by atoms with Gasteiger partial charge in [-0.2, -0.15) is 0 Å². The first-order valence-corrected chi connectivity index (χ1v) is 15.3. The number of rotatable bonds is 3. The van der Waals surface area contributed by atoms with Gasteiger partial charge in [-0.1, -0.05) is 103 Å². The Balaban J connectivity index is 1.59. The summed E-state index contributed by atoms with van der Waals surface area (Å²) >= 11 is 0. The zero-order chi connectivity index (χ0) is 33.4. The van der Waals surface area contributed by atoms with E-state index < -0.39 is 46.0 Å². The molecule has 0 aliphatic heterocycles. The Kier molecular flexibility index (Phi) is 6.32. The smallest absolute Gasteiger partial charge is 0.204 e. The predicted molar refractivity (Wildman–Crippen MR) is 186 cm³/mol. The van der Waals surface area contributed by atoms with Crippen LogP contribution in [0, 0.1) is 0 Å². The molecule has 1 unspecified atom stereocenters. The molecule has 7 aromatic carbocycles. The quantitative estimate of drug-likeness (QED) is 0.0542. The molecule has 0 spiro atoms. The van der Waals surface area contributed by atoms with E-state index in [1.165, 1.54) is 0 Å². The van der Waals surface area contributed by atoms with Crippen molar-refractivity contribution in [3.8, 4) is 57.1 Å². The van der Waals surface area contributed by atoms with Crippen LogP contribution in [0.4, 0.5) is 0 Å². The van der Waals surface area contributed by atoms with E-state index in [2.05, 4.69) is 0 Å². The molecule has 8 heteroatoms. The molecule has 1 aliphatic rings. The van der Waals surface area contributed by atoms with Crippen molar-refractivity contribution in [3.63, 3.8) is 0 Å². The summed E-state index contributed by atoms with van der Waals surface area (Å²) in [6, 6.07) is 26.5. The topological polar surface area (TPSA) is 162 Å². The van der Waals surface area contributed by atoms with Crippen LogP contribution in [0.2, 0.25) is 0 Å². The van der Waals surface area contributed by atoms with Gasteiger partial charge < -0.3 is 40.9 Å². The number of allylic oxidation sites excluding steroid dienone is 4. The maximum atomic E-state index is 11.6. The minimum absolute atomic E-state index is 0.0257. The van der Waals surface area contributed by atoms with Crippen molar-refractivity contribution in [3.05, 3.63) is 114 Å². The number of phenolic OH excluding ortho intramolecular Hbond substituents is 8. The van der Waals surface area contributed by atoms with Gasteiger partial charge in [0.1, 0.15) is 0 Å². The van der Waals surface area contributed by atoms with E-state index in [-0.39, 0.29) is 38.6 Å². The molecule has 0 heterocycles. The third-order valence-electron chi connectivity index (χ3n) is 9.43. The minimum atomic E-state index is -1.000. The lowest BCUT2D eigenvalue weighted by Crippen LogP contribution is -2.02. The summed E-state index contributed by atoms with van der Waals surface area (Å²) in [5.41, 5.74) is 1.89. The third kappa shape index (κ3) is 3.96. The van der Waals surface area contributed by atoms with Gasteiger partial charge in [0.2, 0.25) is 23.0 Å². The van der Waals surface area contributed by atoms with Gasteiger partial charge in [0.25, 0.3) is 0 Å². The molecule has 0 bridgehead atoms. The van der Waals surface area contributed by atoms with Gasteiger partial charge in [0.15, 0.2) is 23.0 Å². The van der Waals surface area contributed by atoms with Crippen molar-refractivity contribution in [2.45, 2.75) is 12.3 Å². The van der Waals surface area contributed by atoms with Gasteiger partial charge in [-0.05, 0) is 44.7 Å². The Morgan fingerprint density at radius 3 is 1.48 bits per heavy atom. The first kappa shape index (κ1) is 28.9. The number of hydrogen-bond donors (Lipinski definition) is 8. The Morgan fingerprint density at radius 1 is 0.438 bits per heavy atom. The van der Waals surface area contributed by atoms with Crippen LogP contribution in [-0.2, 0) is 0 Å².